The summed E-state index contributed by atoms with van der Waals surface area (Å²) in [5.74, 6) is -1.81. The van der Waals surface area contributed by atoms with Crippen LogP contribution >= 0.6 is 11.6 Å². The molecule has 1 N–H and O–H groups in total. The van der Waals surface area contributed by atoms with E-state index in [1.165, 1.54) is 45.8 Å². The number of carbonyl (C=O) groups excluding carboxylic acids is 1. The molecule has 8 nitrogen and oxygen atoms in total. The number of aromatic nitrogens is 3. The fourth-order valence-electron chi connectivity index (χ4n) is 4.34. The van der Waals surface area contributed by atoms with E-state index in [0.717, 1.165) is 6.07 Å². The number of hydrogen-bond acceptors (Lipinski definition) is 5. The van der Waals surface area contributed by atoms with Crippen LogP contribution in [-0.2, 0) is 22.5 Å². The lowest BCUT2D eigenvalue weighted by atomic mass is 9.75. The monoisotopic (exact) mass is 523 g/mol. The second-order valence-corrected chi connectivity index (χ2v) is 11.0. The Morgan fingerprint density at radius 3 is 2.57 bits per heavy atom. The first-order valence-corrected chi connectivity index (χ1v) is 12.7. The number of aryl methyl sites for hydroxylation is 2. The number of nitrogens with one attached hydrogen (secondary N) is 1. The van der Waals surface area contributed by atoms with E-state index in [9.17, 15) is 22.0 Å². The lowest BCUT2D eigenvalue weighted by Crippen LogP contribution is -2.51. The number of piperidine rings is 1. The molecule has 1 amide bonds. The number of halogens is 3. The van der Waals surface area contributed by atoms with Crippen LogP contribution in [0, 0.1) is 18.6 Å². The van der Waals surface area contributed by atoms with Crippen LogP contribution in [0.15, 0.2) is 47.8 Å². The van der Waals surface area contributed by atoms with Gasteiger partial charge in [0.2, 0.25) is 10.0 Å². The Morgan fingerprint density at radius 2 is 1.94 bits per heavy atom. The Kier molecular flexibility index (Phi) is 6.94. The van der Waals surface area contributed by atoms with E-state index < -0.39 is 33.0 Å². The van der Waals surface area contributed by atoms with Crippen molar-refractivity contribution in [1.82, 2.24) is 24.4 Å². The number of benzene rings is 1. The Hall–Kier alpha value is -2.89. The molecule has 0 spiro atoms. The van der Waals surface area contributed by atoms with E-state index in [-0.39, 0.29) is 53.7 Å². The summed E-state index contributed by atoms with van der Waals surface area (Å²) in [7, 11) is -2.15. The molecule has 0 bridgehead atoms. The van der Waals surface area contributed by atoms with Gasteiger partial charge in [-0.25, -0.2) is 17.2 Å². The van der Waals surface area contributed by atoms with E-state index in [2.05, 4.69) is 15.4 Å². The van der Waals surface area contributed by atoms with E-state index in [1.807, 2.05) is 0 Å². The zero-order valence-corrected chi connectivity index (χ0v) is 20.7. The van der Waals surface area contributed by atoms with Gasteiger partial charge in [0, 0.05) is 50.1 Å². The standard InChI is InChI=1S/C23H24ClF2N5O3S/c1-15-10-18(24)20(26)11-17(15)22(32)28-14-23(21-19(25)4-3-7-27-21)5-8-31(9-6-23)35(33,34)16-12-29-30(2)13-16/h3-4,7,10-13H,5-6,8-9,14H2,1-2H3,(H,28,32). The molecule has 186 valence electrons. The first kappa shape index (κ1) is 25.2. The Morgan fingerprint density at radius 1 is 1.23 bits per heavy atom. The van der Waals surface area contributed by atoms with E-state index in [0.29, 0.717) is 5.56 Å². The average molecular weight is 524 g/mol. The van der Waals surface area contributed by atoms with Crippen LogP contribution in [0.2, 0.25) is 5.02 Å². The third-order valence-electron chi connectivity index (χ3n) is 6.36. The summed E-state index contributed by atoms with van der Waals surface area (Å²) in [4.78, 5) is 17.2. The molecule has 4 rings (SSSR count). The SMILES string of the molecule is Cc1cc(Cl)c(F)cc1C(=O)NCC1(c2ncccc2F)CCN(S(=O)(=O)c2cnn(C)c2)CC1. The Bertz CT molecular complexity index is 1370. The summed E-state index contributed by atoms with van der Waals surface area (Å²) in [6.07, 6.45) is 4.59. The fraction of sp³-hybridized carbons (Fsp3) is 0.348. The van der Waals surface area contributed by atoms with Crippen LogP contribution < -0.4 is 5.32 Å². The molecule has 35 heavy (non-hydrogen) atoms. The lowest BCUT2D eigenvalue weighted by molar-refractivity contribution is 0.0929. The molecule has 2 aromatic heterocycles. The van der Waals surface area contributed by atoms with Gasteiger partial charge in [-0.2, -0.15) is 9.40 Å². The average Bonchev–Trinajstić information content (AvgIpc) is 3.27. The van der Waals surface area contributed by atoms with Crippen molar-refractivity contribution in [2.75, 3.05) is 19.6 Å². The number of nitrogens with zero attached hydrogens (tertiary/aromatic N) is 4. The maximum atomic E-state index is 14.8. The summed E-state index contributed by atoms with van der Waals surface area (Å²) in [6, 6.07) is 5.17. The Balaban J connectivity index is 1.58. The van der Waals surface area contributed by atoms with E-state index in [1.54, 1.807) is 14.0 Å². The summed E-state index contributed by atoms with van der Waals surface area (Å²) in [5, 5.41) is 6.62. The molecule has 0 unspecified atom stereocenters. The minimum atomic E-state index is -3.78. The topological polar surface area (TPSA) is 97.2 Å². The van der Waals surface area contributed by atoms with Gasteiger partial charge < -0.3 is 5.32 Å². The van der Waals surface area contributed by atoms with E-state index in [4.69, 9.17) is 11.6 Å². The van der Waals surface area contributed by atoms with Gasteiger partial charge in [-0.1, -0.05) is 11.6 Å². The molecule has 3 heterocycles. The summed E-state index contributed by atoms with van der Waals surface area (Å²) in [6.45, 7) is 1.82. The predicted molar refractivity (Wildman–Crippen MR) is 126 cm³/mol. The quantitative estimate of drug-likeness (QED) is 0.535. The number of carbonyl (C=O) groups is 1. The van der Waals surface area contributed by atoms with Crippen molar-refractivity contribution in [2.45, 2.75) is 30.1 Å². The largest absolute Gasteiger partial charge is 0.351 e. The minimum absolute atomic E-state index is 0.00969. The first-order chi connectivity index (χ1) is 16.5. The number of hydrogen-bond donors (Lipinski definition) is 1. The first-order valence-electron chi connectivity index (χ1n) is 10.9. The number of amides is 1. The smallest absolute Gasteiger partial charge is 0.251 e. The molecule has 12 heteroatoms. The van der Waals surface area contributed by atoms with E-state index >= 15 is 0 Å². The summed E-state index contributed by atoms with van der Waals surface area (Å²) < 4.78 is 57.6. The van der Waals surface area contributed by atoms with Crippen LogP contribution in [0.25, 0.3) is 0 Å². The molecule has 1 saturated heterocycles. The van der Waals surface area contributed by atoms with Gasteiger partial charge in [0.1, 0.15) is 16.5 Å². The van der Waals surface area contributed by atoms with Crippen LogP contribution in [0.1, 0.15) is 34.5 Å². The molecule has 0 atom stereocenters. The third-order valence-corrected chi connectivity index (χ3v) is 8.50. The maximum absolute atomic E-state index is 14.8. The maximum Gasteiger partial charge on any atom is 0.251 e. The molecular weight excluding hydrogens is 500 g/mol. The molecule has 0 radical (unpaired) electrons. The van der Waals surface area contributed by atoms with Gasteiger partial charge in [-0.15, -0.1) is 0 Å². The van der Waals surface area contributed by atoms with Crippen molar-refractivity contribution in [3.8, 4) is 0 Å². The van der Waals surface area contributed by atoms with Crippen LogP contribution in [0.3, 0.4) is 0 Å². The Labute approximate surface area is 207 Å². The number of sulfonamides is 1. The molecule has 0 aliphatic carbocycles. The van der Waals surface area contributed by atoms with Gasteiger partial charge >= 0.3 is 0 Å². The molecule has 1 aromatic carbocycles. The summed E-state index contributed by atoms with van der Waals surface area (Å²) in [5.41, 5.74) is -0.205. The van der Waals surface area contributed by atoms with Crippen molar-refractivity contribution in [3.63, 3.8) is 0 Å². The van der Waals surface area contributed by atoms with Gasteiger partial charge in [-0.05, 0) is 49.6 Å². The lowest BCUT2D eigenvalue weighted by Gasteiger charge is -2.41. The number of rotatable bonds is 6. The summed E-state index contributed by atoms with van der Waals surface area (Å²) >= 11 is 5.79. The fourth-order valence-corrected chi connectivity index (χ4v) is 5.99. The normalized spacial score (nSPS) is 16.3. The highest BCUT2D eigenvalue weighted by Crippen LogP contribution is 2.37. The second kappa shape index (κ2) is 9.63. The van der Waals surface area contributed by atoms with Crippen LogP contribution in [-0.4, -0.2) is 53.0 Å². The predicted octanol–water partition coefficient (Wildman–Crippen LogP) is 3.21. The highest BCUT2D eigenvalue weighted by molar-refractivity contribution is 7.89. The van der Waals surface area contributed by atoms with Crippen molar-refractivity contribution in [3.05, 3.63) is 76.3 Å². The van der Waals surface area contributed by atoms with Crippen molar-refractivity contribution < 1.29 is 22.0 Å². The van der Waals surface area contributed by atoms with Crippen LogP contribution in [0.5, 0.6) is 0 Å². The molecule has 0 saturated carbocycles. The minimum Gasteiger partial charge on any atom is -0.351 e. The van der Waals surface area contributed by atoms with Gasteiger partial charge in [0.25, 0.3) is 5.91 Å². The zero-order valence-electron chi connectivity index (χ0n) is 19.1. The molecule has 1 aliphatic rings. The van der Waals surface area contributed by atoms with Gasteiger partial charge in [0.05, 0.1) is 16.9 Å². The van der Waals surface area contributed by atoms with Crippen molar-refractivity contribution in [2.24, 2.45) is 7.05 Å². The van der Waals surface area contributed by atoms with Gasteiger partial charge in [-0.3, -0.25) is 14.5 Å². The number of pyridine rings is 1. The molecule has 1 aliphatic heterocycles. The molecule has 1 fully saturated rings. The third kappa shape index (κ3) is 4.93. The van der Waals surface area contributed by atoms with Gasteiger partial charge in [0.15, 0.2) is 0 Å². The van der Waals surface area contributed by atoms with Crippen molar-refractivity contribution >= 4 is 27.5 Å². The second-order valence-electron chi connectivity index (χ2n) is 8.63. The highest BCUT2D eigenvalue weighted by Gasteiger charge is 2.43. The zero-order chi connectivity index (χ0) is 25.4. The van der Waals surface area contributed by atoms with Crippen LogP contribution in [0.4, 0.5) is 8.78 Å². The molecule has 3 aromatic rings. The van der Waals surface area contributed by atoms with Crippen molar-refractivity contribution in [1.29, 1.82) is 0 Å². The highest BCUT2D eigenvalue weighted by atomic mass is 35.5. The molecular formula is C23H24ClF2N5O3S.